The van der Waals surface area contributed by atoms with Crippen molar-refractivity contribution in [1.82, 2.24) is 19.7 Å². The molecule has 1 aromatic carbocycles. The summed E-state index contributed by atoms with van der Waals surface area (Å²) in [5, 5.41) is 16.4. The fraction of sp³-hybridized carbons (Fsp3) is 0.471. The Morgan fingerprint density at radius 3 is 2.79 bits per heavy atom. The van der Waals surface area contributed by atoms with Crippen LogP contribution in [0.25, 0.3) is 0 Å². The number of hydrogen-bond donors (Lipinski definition) is 2. The lowest BCUT2D eigenvalue weighted by Gasteiger charge is -2.08. The largest absolute Gasteiger partial charge is 0.392 e. The van der Waals surface area contributed by atoms with Crippen LogP contribution in [0, 0.1) is 0 Å². The Bertz CT molecular complexity index is 778. The maximum atomic E-state index is 12.3. The molecule has 0 fully saturated rings. The summed E-state index contributed by atoms with van der Waals surface area (Å²) >= 11 is 0. The first-order valence-electron chi connectivity index (χ1n) is 8.30. The summed E-state index contributed by atoms with van der Waals surface area (Å²) in [6.45, 7) is 0.844. The zero-order chi connectivity index (χ0) is 16.9. The average Bonchev–Trinajstić information content (AvgIpc) is 2.77. The molecule has 3 rings (SSSR count). The first-order valence-corrected chi connectivity index (χ1v) is 8.30. The summed E-state index contributed by atoms with van der Waals surface area (Å²) in [6.07, 6.45) is 3.89. The molecule has 1 aromatic heterocycles. The summed E-state index contributed by atoms with van der Waals surface area (Å²) in [6, 6.07) is 7.38. The Kier molecular flexibility index (Phi) is 5.10. The van der Waals surface area contributed by atoms with Gasteiger partial charge in [0.15, 0.2) is 0 Å². The molecular weight excluding hydrogens is 308 g/mol. The van der Waals surface area contributed by atoms with E-state index in [1.54, 1.807) is 4.57 Å². The minimum absolute atomic E-state index is 0.0702. The standard InChI is InChI=1S/C17H22N4O3/c22-12-14-7-4-3-6-13(14)10-18-16(23)11-21-17(24)20-9-5-1-2-8-15(20)19-21/h3-4,6-7,22H,1-2,5,8-12H2,(H,18,23). The molecule has 0 spiro atoms. The Labute approximate surface area is 139 Å². The van der Waals surface area contributed by atoms with Crippen LogP contribution in [0.2, 0.25) is 0 Å². The number of aromatic nitrogens is 3. The highest BCUT2D eigenvalue weighted by molar-refractivity contribution is 5.75. The minimum atomic E-state index is -0.266. The van der Waals surface area contributed by atoms with E-state index in [-0.39, 0.29) is 24.7 Å². The lowest BCUT2D eigenvalue weighted by atomic mass is 10.1. The second-order valence-corrected chi connectivity index (χ2v) is 6.02. The van der Waals surface area contributed by atoms with Crippen molar-refractivity contribution in [3.05, 3.63) is 51.7 Å². The van der Waals surface area contributed by atoms with Crippen LogP contribution in [-0.2, 0) is 37.5 Å². The molecule has 0 radical (unpaired) electrons. The summed E-state index contributed by atoms with van der Waals surface area (Å²) in [5.41, 5.74) is 1.43. The van der Waals surface area contributed by atoms with Crippen molar-refractivity contribution in [2.45, 2.75) is 51.9 Å². The van der Waals surface area contributed by atoms with Gasteiger partial charge in [0.25, 0.3) is 0 Å². The fourth-order valence-corrected chi connectivity index (χ4v) is 3.00. The third-order valence-corrected chi connectivity index (χ3v) is 4.34. The number of benzene rings is 1. The smallest absolute Gasteiger partial charge is 0.346 e. The Morgan fingerprint density at radius 2 is 2.00 bits per heavy atom. The van der Waals surface area contributed by atoms with Crippen molar-refractivity contribution in [3.63, 3.8) is 0 Å². The molecule has 0 aliphatic carbocycles. The Balaban J connectivity index is 1.64. The fourth-order valence-electron chi connectivity index (χ4n) is 3.00. The van der Waals surface area contributed by atoms with E-state index in [0.717, 1.165) is 42.6 Å². The van der Waals surface area contributed by atoms with Crippen molar-refractivity contribution in [1.29, 1.82) is 0 Å². The van der Waals surface area contributed by atoms with Gasteiger partial charge in [-0.25, -0.2) is 9.48 Å². The van der Waals surface area contributed by atoms with E-state index >= 15 is 0 Å². The van der Waals surface area contributed by atoms with Crippen LogP contribution < -0.4 is 11.0 Å². The molecule has 0 saturated carbocycles. The van der Waals surface area contributed by atoms with Crippen LogP contribution in [0.1, 0.15) is 36.2 Å². The van der Waals surface area contributed by atoms with Gasteiger partial charge in [-0.2, -0.15) is 5.10 Å². The van der Waals surface area contributed by atoms with E-state index in [9.17, 15) is 14.7 Å². The van der Waals surface area contributed by atoms with Crippen molar-refractivity contribution >= 4 is 5.91 Å². The molecular formula is C17H22N4O3. The molecule has 0 atom stereocenters. The van der Waals surface area contributed by atoms with Gasteiger partial charge >= 0.3 is 5.69 Å². The van der Waals surface area contributed by atoms with Gasteiger partial charge in [-0.1, -0.05) is 30.7 Å². The highest BCUT2D eigenvalue weighted by atomic mass is 16.3. The lowest BCUT2D eigenvalue weighted by molar-refractivity contribution is -0.122. The zero-order valence-corrected chi connectivity index (χ0v) is 13.6. The van der Waals surface area contributed by atoms with Crippen LogP contribution in [0.4, 0.5) is 0 Å². The van der Waals surface area contributed by atoms with Crippen LogP contribution in [0.3, 0.4) is 0 Å². The van der Waals surface area contributed by atoms with Crippen molar-refractivity contribution in [2.24, 2.45) is 0 Å². The van der Waals surface area contributed by atoms with Crippen molar-refractivity contribution in [3.8, 4) is 0 Å². The molecule has 128 valence electrons. The highest BCUT2D eigenvalue weighted by Gasteiger charge is 2.17. The van der Waals surface area contributed by atoms with Gasteiger partial charge < -0.3 is 10.4 Å². The van der Waals surface area contributed by atoms with E-state index in [4.69, 9.17) is 0 Å². The number of amides is 1. The number of fused-ring (bicyclic) bond motifs is 1. The number of aliphatic hydroxyl groups is 1. The molecule has 0 saturated heterocycles. The molecule has 0 unspecified atom stereocenters. The van der Waals surface area contributed by atoms with E-state index < -0.39 is 0 Å². The number of nitrogens with zero attached hydrogens (tertiary/aromatic N) is 3. The van der Waals surface area contributed by atoms with Gasteiger partial charge in [0, 0.05) is 19.5 Å². The number of carbonyl (C=O) groups excluding carboxylic acids is 1. The maximum absolute atomic E-state index is 12.3. The second-order valence-electron chi connectivity index (χ2n) is 6.02. The van der Waals surface area contributed by atoms with E-state index in [1.165, 1.54) is 4.68 Å². The first-order chi connectivity index (χ1) is 11.7. The molecule has 7 nitrogen and oxygen atoms in total. The van der Waals surface area contributed by atoms with Crippen LogP contribution in [0.5, 0.6) is 0 Å². The van der Waals surface area contributed by atoms with Crippen molar-refractivity contribution in [2.75, 3.05) is 0 Å². The molecule has 0 bridgehead atoms. The van der Waals surface area contributed by atoms with Gasteiger partial charge in [-0.05, 0) is 24.0 Å². The molecule has 1 aliphatic rings. The number of aryl methyl sites for hydroxylation is 1. The quantitative estimate of drug-likeness (QED) is 0.839. The third kappa shape index (κ3) is 3.56. The number of nitrogens with one attached hydrogen (secondary N) is 1. The number of aliphatic hydroxyl groups excluding tert-OH is 1. The maximum Gasteiger partial charge on any atom is 0.346 e. The lowest BCUT2D eigenvalue weighted by Crippen LogP contribution is -2.33. The number of hydrogen-bond acceptors (Lipinski definition) is 4. The van der Waals surface area contributed by atoms with Crippen LogP contribution in [0.15, 0.2) is 29.1 Å². The van der Waals surface area contributed by atoms with Gasteiger partial charge in [0.2, 0.25) is 5.91 Å². The Hall–Kier alpha value is -2.41. The topological polar surface area (TPSA) is 89.2 Å². The minimum Gasteiger partial charge on any atom is -0.392 e. The predicted molar refractivity (Wildman–Crippen MR) is 88.3 cm³/mol. The molecule has 1 aliphatic heterocycles. The number of carbonyl (C=O) groups is 1. The van der Waals surface area contributed by atoms with Crippen LogP contribution in [-0.4, -0.2) is 25.4 Å². The van der Waals surface area contributed by atoms with Gasteiger partial charge in [-0.15, -0.1) is 0 Å². The number of rotatable bonds is 5. The van der Waals surface area contributed by atoms with Crippen LogP contribution >= 0.6 is 0 Å². The molecule has 2 heterocycles. The molecule has 2 N–H and O–H groups in total. The van der Waals surface area contributed by atoms with Gasteiger partial charge in [-0.3, -0.25) is 9.36 Å². The normalized spacial score (nSPS) is 14.0. The predicted octanol–water partition coefficient (Wildman–Crippen LogP) is 0.580. The SMILES string of the molecule is O=C(Cn1nc2n(c1=O)CCCCC2)NCc1ccccc1CO. The average molecular weight is 330 g/mol. The Morgan fingerprint density at radius 1 is 1.21 bits per heavy atom. The summed E-state index contributed by atoms with van der Waals surface area (Å²) in [4.78, 5) is 24.5. The molecule has 7 heteroatoms. The van der Waals surface area contributed by atoms with Crippen molar-refractivity contribution < 1.29 is 9.90 Å². The van der Waals surface area contributed by atoms with E-state index in [0.29, 0.717) is 13.1 Å². The zero-order valence-electron chi connectivity index (χ0n) is 13.6. The van der Waals surface area contributed by atoms with Gasteiger partial charge in [0.05, 0.1) is 6.61 Å². The molecule has 24 heavy (non-hydrogen) atoms. The third-order valence-electron chi connectivity index (χ3n) is 4.34. The van der Waals surface area contributed by atoms with E-state index in [1.807, 2.05) is 24.3 Å². The first kappa shape index (κ1) is 16.4. The monoisotopic (exact) mass is 330 g/mol. The van der Waals surface area contributed by atoms with Gasteiger partial charge in [0.1, 0.15) is 12.4 Å². The highest BCUT2D eigenvalue weighted by Crippen LogP contribution is 2.10. The second kappa shape index (κ2) is 7.44. The summed E-state index contributed by atoms with van der Waals surface area (Å²) < 4.78 is 2.93. The van der Waals surface area contributed by atoms with E-state index in [2.05, 4.69) is 10.4 Å². The molecule has 2 aromatic rings. The summed E-state index contributed by atoms with van der Waals surface area (Å²) in [7, 11) is 0. The molecule has 1 amide bonds. The summed E-state index contributed by atoms with van der Waals surface area (Å²) in [5.74, 6) is 0.508.